The van der Waals surface area contributed by atoms with E-state index in [2.05, 4.69) is 21.9 Å². The van der Waals surface area contributed by atoms with E-state index in [1.807, 2.05) is 18.2 Å². The molecule has 0 N–H and O–H groups in total. The number of benzene rings is 1. The van der Waals surface area contributed by atoms with Gasteiger partial charge in [0.15, 0.2) is 0 Å². The Morgan fingerprint density at radius 2 is 1.95 bits per heavy atom. The minimum atomic E-state index is -0.252. The molecule has 2 saturated heterocycles. The fourth-order valence-corrected chi connectivity index (χ4v) is 4.10. The number of hydrogen-bond acceptors (Lipinski definition) is 3. The summed E-state index contributed by atoms with van der Waals surface area (Å²) in [6.45, 7) is 3.94. The third-order valence-corrected chi connectivity index (χ3v) is 5.39. The Bertz CT molecular complexity index is 543. The second kappa shape index (κ2) is 5.67. The van der Waals surface area contributed by atoms with Crippen molar-refractivity contribution in [1.29, 1.82) is 0 Å². The summed E-state index contributed by atoms with van der Waals surface area (Å²) in [6, 6.07) is 10.6. The lowest BCUT2D eigenvalue weighted by atomic mass is 10.0. The maximum atomic E-state index is 12.7. The number of methoxy groups -OCH3 is 1. The summed E-state index contributed by atoms with van der Waals surface area (Å²) in [6.07, 6.45) is 2.51. The molecule has 0 unspecified atom stereocenters. The van der Waals surface area contributed by atoms with Crippen molar-refractivity contribution in [2.75, 3.05) is 26.7 Å². The lowest BCUT2D eigenvalue weighted by Crippen LogP contribution is -2.39. The van der Waals surface area contributed by atoms with Crippen LogP contribution in [0.5, 0.6) is 0 Å². The topological polar surface area (TPSA) is 32.8 Å². The highest BCUT2D eigenvalue weighted by molar-refractivity contribution is 5.84. The van der Waals surface area contributed by atoms with E-state index in [4.69, 9.17) is 4.74 Å². The minimum absolute atomic E-state index is 0.174. The van der Waals surface area contributed by atoms with Crippen LogP contribution in [0.15, 0.2) is 30.3 Å². The first-order valence-electron chi connectivity index (χ1n) is 8.36. The summed E-state index contributed by atoms with van der Waals surface area (Å²) < 4.78 is 5.56. The number of amides is 1. The van der Waals surface area contributed by atoms with Gasteiger partial charge in [0.05, 0.1) is 6.04 Å². The van der Waals surface area contributed by atoms with Gasteiger partial charge < -0.3 is 14.5 Å². The van der Waals surface area contributed by atoms with Crippen LogP contribution in [0.1, 0.15) is 18.4 Å². The van der Waals surface area contributed by atoms with E-state index in [9.17, 15) is 4.79 Å². The lowest BCUT2D eigenvalue weighted by Gasteiger charge is -2.25. The van der Waals surface area contributed by atoms with Gasteiger partial charge in [-0.3, -0.25) is 4.79 Å². The highest BCUT2D eigenvalue weighted by atomic mass is 16.5. The Morgan fingerprint density at radius 3 is 2.64 bits per heavy atom. The highest BCUT2D eigenvalue weighted by Gasteiger charge is 2.52. The molecule has 4 rings (SSSR count). The molecule has 0 bridgehead atoms. The Labute approximate surface area is 132 Å². The molecule has 3 aliphatic rings. The fraction of sp³-hybridized carbons (Fsp3) is 0.611. The number of likely N-dealkylation sites (tertiary alicyclic amines) is 2. The SMILES string of the molecule is CO[C@@H]1C(=O)N(Cc2ccccc2)[C@@H]2CN(CC3CC3)C[C@H]12. The summed E-state index contributed by atoms with van der Waals surface area (Å²) in [5, 5.41) is 0. The van der Waals surface area contributed by atoms with Gasteiger partial charge in [-0.05, 0) is 24.3 Å². The van der Waals surface area contributed by atoms with Crippen LogP contribution in [0.3, 0.4) is 0 Å². The number of nitrogens with zero attached hydrogens (tertiary/aromatic N) is 2. The third-order valence-electron chi connectivity index (χ3n) is 5.39. The van der Waals surface area contributed by atoms with Crippen molar-refractivity contribution in [3.05, 3.63) is 35.9 Å². The monoisotopic (exact) mass is 300 g/mol. The van der Waals surface area contributed by atoms with Crippen molar-refractivity contribution in [3.63, 3.8) is 0 Å². The Balaban J connectivity index is 1.51. The smallest absolute Gasteiger partial charge is 0.252 e. The van der Waals surface area contributed by atoms with Crippen molar-refractivity contribution in [1.82, 2.24) is 9.80 Å². The zero-order chi connectivity index (χ0) is 15.1. The summed E-state index contributed by atoms with van der Waals surface area (Å²) in [5.74, 6) is 1.41. The van der Waals surface area contributed by atoms with Crippen LogP contribution in [-0.4, -0.2) is 54.6 Å². The molecular formula is C18H24N2O2. The standard InChI is InChI=1S/C18H24N2O2/c1-22-17-15-11-19(9-14-7-8-14)12-16(15)20(18(17)21)10-13-5-3-2-4-6-13/h2-6,14-17H,7-12H2,1H3/t15-,16+,17-/m0/s1. The Kier molecular flexibility index (Phi) is 3.66. The van der Waals surface area contributed by atoms with Crippen molar-refractivity contribution in [2.24, 2.45) is 11.8 Å². The quantitative estimate of drug-likeness (QED) is 0.830. The van der Waals surface area contributed by atoms with E-state index in [1.165, 1.54) is 24.9 Å². The number of carbonyl (C=O) groups is 1. The van der Waals surface area contributed by atoms with E-state index in [-0.39, 0.29) is 12.0 Å². The Morgan fingerprint density at radius 1 is 1.18 bits per heavy atom. The zero-order valence-electron chi connectivity index (χ0n) is 13.1. The molecule has 0 spiro atoms. The van der Waals surface area contributed by atoms with Gasteiger partial charge in [-0.25, -0.2) is 0 Å². The molecule has 118 valence electrons. The van der Waals surface area contributed by atoms with Crippen LogP contribution in [0.4, 0.5) is 0 Å². The molecule has 4 heteroatoms. The predicted molar refractivity (Wildman–Crippen MR) is 84.2 cm³/mol. The van der Waals surface area contributed by atoms with Crippen LogP contribution < -0.4 is 0 Å². The molecule has 1 aromatic rings. The third kappa shape index (κ3) is 2.55. The number of fused-ring (bicyclic) bond motifs is 1. The molecule has 1 saturated carbocycles. The fourth-order valence-electron chi connectivity index (χ4n) is 4.10. The number of hydrogen-bond donors (Lipinski definition) is 0. The molecule has 1 aromatic carbocycles. The molecule has 0 aromatic heterocycles. The molecule has 2 aliphatic heterocycles. The first-order valence-corrected chi connectivity index (χ1v) is 8.36. The molecule has 22 heavy (non-hydrogen) atoms. The van der Waals surface area contributed by atoms with Gasteiger partial charge in [-0.2, -0.15) is 0 Å². The molecule has 2 heterocycles. The molecule has 3 atom stereocenters. The Hall–Kier alpha value is -1.39. The van der Waals surface area contributed by atoms with E-state index in [1.54, 1.807) is 7.11 Å². The van der Waals surface area contributed by atoms with Crippen molar-refractivity contribution in [2.45, 2.75) is 31.5 Å². The average Bonchev–Trinajstić information content (AvgIpc) is 3.20. The van der Waals surface area contributed by atoms with Crippen molar-refractivity contribution < 1.29 is 9.53 Å². The highest BCUT2D eigenvalue weighted by Crippen LogP contribution is 2.38. The van der Waals surface area contributed by atoms with Crippen LogP contribution in [0, 0.1) is 11.8 Å². The van der Waals surface area contributed by atoms with Crippen molar-refractivity contribution in [3.8, 4) is 0 Å². The lowest BCUT2D eigenvalue weighted by molar-refractivity contribution is -0.138. The average molecular weight is 300 g/mol. The summed E-state index contributed by atoms with van der Waals surface area (Å²) in [5.41, 5.74) is 1.20. The summed E-state index contributed by atoms with van der Waals surface area (Å²) in [4.78, 5) is 17.3. The van der Waals surface area contributed by atoms with E-state index in [0.29, 0.717) is 18.5 Å². The maximum absolute atomic E-state index is 12.7. The van der Waals surface area contributed by atoms with Gasteiger partial charge in [-0.15, -0.1) is 0 Å². The second-order valence-electron chi connectivity index (χ2n) is 7.00. The van der Waals surface area contributed by atoms with Gasteiger partial charge in [0.25, 0.3) is 5.91 Å². The number of rotatable bonds is 5. The molecule has 3 fully saturated rings. The minimum Gasteiger partial charge on any atom is -0.371 e. The van der Waals surface area contributed by atoms with E-state index < -0.39 is 0 Å². The van der Waals surface area contributed by atoms with Crippen LogP contribution in [0.2, 0.25) is 0 Å². The number of carbonyl (C=O) groups excluding carboxylic acids is 1. The van der Waals surface area contributed by atoms with Gasteiger partial charge in [0.2, 0.25) is 0 Å². The molecule has 4 nitrogen and oxygen atoms in total. The largest absolute Gasteiger partial charge is 0.371 e. The molecule has 0 radical (unpaired) electrons. The van der Waals surface area contributed by atoms with Gasteiger partial charge in [0, 0.05) is 39.2 Å². The van der Waals surface area contributed by atoms with Gasteiger partial charge in [0.1, 0.15) is 6.10 Å². The zero-order valence-corrected chi connectivity index (χ0v) is 13.1. The normalized spacial score (nSPS) is 31.8. The van der Waals surface area contributed by atoms with Crippen LogP contribution in [-0.2, 0) is 16.1 Å². The van der Waals surface area contributed by atoms with Crippen LogP contribution >= 0.6 is 0 Å². The number of ether oxygens (including phenoxy) is 1. The molecule has 1 amide bonds. The van der Waals surface area contributed by atoms with Crippen molar-refractivity contribution >= 4 is 5.91 Å². The van der Waals surface area contributed by atoms with Gasteiger partial charge in [-0.1, -0.05) is 30.3 Å². The van der Waals surface area contributed by atoms with Gasteiger partial charge >= 0.3 is 0 Å². The summed E-state index contributed by atoms with van der Waals surface area (Å²) >= 11 is 0. The molecule has 1 aliphatic carbocycles. The summed E-state index contributed by atoms with van der Waals surface area (Å²) in [7, 11) is 1.68. The van der Waals surface area contributed by atoms with E-state index >= 15 is 0 Å². The van der Waals surface area contributed by atoms with E-state index in [0.717, 1.165) is 19.0 Å². The first-order chi connectivity index (χ1) is 10.8. The first kappa shape index (κ1) is 14.2. The molecular weight excluding hydrogens is 276 g/mol. The predicted octanol–water partition coefficient (Wildman–Crippen LogP) is 1.75. The maximum Gasteiger partial charge on any atom is 0.252 e. The second-order valence-corrected chi connectivity index (χ2v) is 7.00. The van der Waals surface area contributed by atoms with Crippen LogP contribution in [0.25, 0.3) is 0 Å².